The Morgan fingerprint density at radius 1 is 0.697 bits per heavy atom. The van der Waals surface area contributed by atoms with E-state index >= 15 is 0 Å². The Kier molecular flexibility index (Phi) is 5.29. The van der Waals surface area contributed by atoms with Crippen molar-refractivity contribution >= 4 is 16.8 Å². The fourth-order valence-electron chi connectivity index (χ4n) is 3.72. The first-order chi connectivity index (χ1) is 16.1. The first kappa shape index (κ1) is 20.4. The first-order valence-electron chi connectivity index (χ1n) is 10.5. The van der Waals surface area contributed by atoms with Gasteiger partial charge in [0.25, 0.3) is 0 Å². The van der Waals surface area contributed by atoms with E-state index in [0.717, 1.165) is 16.9 Å². The van der Waals surface area contributed by atoms with Gasteiger partial charge in [0.1, 0.15) is 11.5 Å². The molecular weight excluding hydrogens is 412 g/mol. The van der Waals surface area contributed by atoms with Crippen LogP contribution in [0, 0.1) is 0 Å². The van der Waals surface area contributed by atoms with E-state index in [2.05, 4.69) is 0 Å². The fourth-order valence-corrected chi connectivity index (χ4v) is 3.72. The molecule has 5 rings (SSSR count). The highest BCUT2D eigenvalue weighted by molar-refractivity contribution is 6.10. The summed E-state index contributed by atoms with van der Waals surface area (Å²) < 4.78 is 5.29. The van der Waals surface area contributed by atoms with Crippen LogP contribution >= 0.6 is 0 Å². The Bertz CT molecular complexity index is 1450. The molecular formula is C28H20N2O3. The van der Waals surface area contributed by atoms with Crippen LogP contribution in [0.4, 0.5) is 0 Å². The molecule has 0 spiro atoms. The third-order valence-electron chi connectivity index (χ3n) is 5.47. The summed E-state index contributed by atoms with van der Waals surface area (Å²) in [7, 11) is 1.62. The molecule has 160 valence electrons. The monoisotopic (exact) mass is 432 g/mol. The lowest BCUT2D eigenvalue weighted by atomic mass is 10.0. The molecule has 0 aliphatic heterocycles. The van der Waals surface area contributed by atoms with E-state index in [0.29, 0.717) is 33.5 Å². The van der Waals surface area contributed by atoms with Crippen molar-refractivity contribution in [3.8, 4) is 34.0 Å². The molecule has 0 aliphatic rings. The van der Waals surface area contributed by atoms with Gasteiger partial charge >= 0.3 is 0 Å². The van der Waals surface area contributed by atoms with Gasteiger partial charge in [-0.05, 0) is 66.7 Å². The number of aromatic hydroxyl groups is 1. The fraction of sp³-hybridized carbons (Fsp3) is 0.0357. The molecule has 0 amide bonds. The van der Waals surface area contributed by atoms with Crippen LogP contribution in [-0.2, 0) is 0 Å². The Morgan fingerprint density at radius 3 is 1.94 bits per heavy atom. The Morgan fingerprint density at radius 2 is 1.30 bits per heavy atom. The number of hydrogen-bond donors (Lipinski definition) is 1. The van der Waals surface area contributed by atoms with Crippen LogP contribution in [0.1, 0.15) is 15.9 Å². The van der Waals surface area contributed by atoms with Gasteiger partial charge < -0.3 is 9.84 Å². The van der Waals surface area contributed by atoms with Crippen molar-refractivity contribution < 1.29 is 14.6 Å². The second-order valence-corrected chi connectivity index (χ2v) is 7.59. The van der Waals surface area contributed by atoms with E-state index in [1.807, 2.05) is 60.7 Å². The summed E-state index contributed by atoms with van der Waals surface area (Å²) in [5.74, 6) is 0.866. The molecule has 0 atom stereocenters. The van der Waals surface area contributed by atoms with Crippen LogP contribution < -0.4 is 4.74 Å². The van der Waals surface area contributed by atoms with Crippen molar-refractivity contribution in [2.75, 3.05) is 7.11 Å². The zero-order valence-electron chi connectivity index (χ0n) is 17.9. The largest absolute Gasteiger partial charge is 0.508 e. The lowest BCUT2D eigenvalue weighted by molar-refractivity contribution is 0.103. The number of nitrogens with zero attached hydrogens (tertiary/aromatic N) is 2. The number of phenols is 1. The SMILES string of the molecule is COc1ccc(-c2nc3cc(C(=O)c4ccccc4)ccc3nc2-c2ccc(O)cc2)cc1. The van der Waals surface area contributed by atoms with Gasteiger partial charge in [-0.3, -0.25) is 4.79 Å². The molecule has 0 aliphatic carbocycles. The van der Waals surface area contributed by atoms with Crippen molar-refractivity contribution in [1.82, 2.24) is 9.97 Å². The van der Waals surface area contributed by atoms with Gasteiger partial charge in [0.2, 0.25) is 0 Å². The highest BCUT2D eigenvalue weighted by atomic mass is 16.5. The summed E-state index contributed by atoms with van der Waals surface area (Å²) >= 11 is 0. The number of carbonyl (C=O) groups is 1. The average Bonchev–Trinajstić information content (AvgIpc) is 2.88. The number of benzene rings is 4. The molecule has 1 heterocycles. The van der Waals surface area contributed by atoms with E-state index in [-0.39, 0.29) is 11.5 Å². The van der Waals surface area contributed by atoms with E-state index < -0.39 is 0 Å². The van der Waals surface area contributed by atoms with Gasteiger partial charge in [0.05, 0.1) is 29.5 Å². The number of fused-ring (bicyclic) bond motifs is 1. The van der Waals surface area contributed by atoms with Crippen molar-refractivity contribution in [1.29, 1.82) is 0 Å². The summed E-state index contributed by atoms with van der Waals surface area (Å²) in [5.41, 5.74) is 5.56. The normalized spacial score (nSPS) is 10.8. The van der Waals surface area contributed by atoms with Crippen LogP contribution in [0.2, 0.25) is 0 Å². The number of phenolic OH excluding ortho intramolecular Hbond substituents is 1. The molecule has 0 bridgehead atoms. The zero-order valence-corrected chi connectivity index (χ0v) is 17.9. The van der Waals surface area contributed by atoms with Crippen molar-refractivity contribution in [2.45, 2.75) is 0 Å². The zero-order chi connectivity index (χ0) is 22.8. The van der Waals surface area contributed by atoms with E-state index in [9.17, 15) is 9.90 Å². The molecule has 5 heteroatoms. The number of methoxy groups -OCH3 is 1. The molecule has 0 radical (unpaired) electrons. The molecule has 0 saturated heterocycles. The lowest BCUT2D eigenvalue weighted by Crippen LogP contribution is -2.02. The highest BCUT2D eigenvalue weighted by Crippen LogP contribution is 2.33. The first-order valence-corrected chi connectivity index (χ1v) is 10.5. The summed E-state index contributed by atoms with van der Waals surface area (Å²) in [6.07, 6.45) is 0. The minimum absolute atomic E-state index is 0.0621. The summed E-state index contributed by atoms with van der Waals surface area (Å²) in [6.45, 7) is 0. The number of ether oxygens (including phenoxy) is 1. The van der Waals surface area contributed by atoms with Gasteiger partial charge in [-0.25, -0.2) is 9.97 Å². The molecule has 5 aromatic rings. The van der Waals surface area contributed by atoms with E-state index in [4.69, 9.17) is 14.7 Å². The van der Waals surface area contributed by atoms with E-state index in [1.165, 1.54) is 0 Å². The molecule has 1 N–H and O–H groups in total. The predicted octanol–water partition coefficient (Wildman–Crippen LogP) is 5.91. The average molecular weight is 432 g/mol. The molecule has 1 aromatic heterocycles. The van der Waals surface area contributed by atoms with Gasteiger partial charge in [-0.2, -0.15) is 0 Å². The Hall–Kier alpha value is -4.51. The Labute approximate surface area is 191 Å². The Balaban J connectivity index is 1.68. The lowest BCUT2D eigenvalue weighted by Gasteiger charge is -2.12. The summed E-state index contributed by atoms with van der Waals surface area (Å²) in [6, 6.07) is 29.0. The highest BCUT2D eigenvalue weighted by Gasteiger charge is 2.16. The van der Waals surface area contributed by atoms with E-state index in [1.54, 1.807) is 43.5 Å². The summed E-state index contributed by atoms with van der Waals surface area (Å²) in [5, 5.41) is 9.71. The maximum atomic E-state index is 13.0. The number of carbonyl (C=O) groups excluding carboxylic acids is 1. The molecule has 5 nitrogen and oxygen atoms in total. The van der Waals surface area contributed by atoms with Gasteiger partial charge in [-0.1, -0.05) is 30.3 Å². The van der Waals surface area contributed by atoms with Crippen molar-refractivity contribution in [2.24, 2.45) is 0 Å². The van der Waals surface area contributed by atoms with Crippen LogP contribution in [0.25, 0.3) is 33.5 Å². The smallest absolute Gasteiger partial charge is 0.193 e. The van der Waals surface area contributed by atoms with Crippen LogP contribution in [0.3, 0.4) is 0 Å². The summed E-state index contributed by atoms with van der Waals surface area (Å²) in [4.78, 5) is 22.7. The van der Waals surface area contributed by atoms with Gasteiger partial charge in [-0.15, -0.1) is 0 Å². The second-order valence-electron chi connectivity index (χ2n) is 7.59. The van der Waals surface area contributed by atoms with Crippen molar-refractivity contribution in [3.63, 3.8) is 0 Å². The van der Waals surface area contributed by atoms with Crippen LogP contribution in [0.5, 0.6) is 11.5 Å². The minimum Gasteiger partial charge on any atom is -0.508 e. The molecule has 0 unspecified atom stereocenters. The second kappa shape index (κ2) is 8.55. The standard InChI is InChI=1S/C28H20N2O3/c1-33-23-14-9-19(10-15-23)27-26(18-7-12-22(31)13-8-18)29-24-16-11-21(17-25(24)30-27)28(32)20-5-3-2-4-6-20/h2-17,31H,1H3. The number of hydrogen-bond acceptors (Lipinski definition) is 5. The third-order valence-corrected chi connectivity index (χ3v) is 5.47. The molecule has 0 saturated carbocycles. The van der Waals surface area contributed by atoms with Gasteiger partial charge in [0, 0.05) is 22.3 Å². The third kappa shape index (κ3) is 4.04. The number of ketones is 1. The van der Waals surface area contributed by atoms with Crippen molar-refractivity contribution in [3.05, 3.63) is 108 Å². The molecule has 4 aromatic carbocycles. The maximum Gasteiger partial charge on any atom is 0.193 e. The minimum atomic E-state index is -0.0621. The predicted molar refractivity (Wildman–Crippen MR) is 129 cm³/mol. The number of rotatable bonds is 5. The van der Waals surface area contributed by atoms with Crippen LogP contribution in [-0.4, -0.2) is 28.0 Å². The topological polar surface area (TPSA) is 72.3 Å². The molecule has 33 heavy (non-hydrogen) atoms. The number of aromatic nitrogens is 2. The van der Waals surface area contributed by atoms with Gasteiger partial charge in [0.15, 0.2) is 5.78 Å². The molecule has 0 fully saturated rings. The van der Waals surface area contributed by atoms with Crippen LogP contribution in [0.15, 0.2) is 97.1 Å². The maximum absolute atomic E-state index is 13.0. The quantitative estimate of drug-likeness (QED) is 0.350.